The highest BCUT2D eigenvalue weighted by molar-refractivity contribution is 5.98. The van der Waals surface area contributed by atoms with Gasteiger partial charge in [0.25, 0.3) is 11.8 Å². The summed E-state index contributed by atoms with van der Waals surface area (Å²) in [4.78, 5) is 27.4. The second-order valence-corrected chi connectivity index (χ2v) is 8.01. The van der Waals surface area contributed by atoms with Gasteiger partial charge in [-0.05, 0) is 37.0 Å². The molecule has 1 aromatic heterocycles. The van der Waals surface area contributed by atoms with E-state index in [4.69, 9.17) is 0 Å². The first-order valence-electron chi connectivity index (χ1n) is 10.5. The molecule has 1 aliphatic carbocycles. The van der Waals surface area contributed by atoms with Crippen molar-refractivity contribution in [1.29, 1.82) is 0 Å². The minimum absolute atomic E-state index is 0.173. The number of aromatic nitrogens is 2. The lowest BCUT2D eigenvalue weighted by Gasteiger charge is -2.20. The van der Waals surface area contributed by atoms with E-state index in [1.165, 1.54) is 25.0 Å². The van der Waals surface area contributed by atoms with Gasteiger partial charge in [-0.25, -0.2) is 4.39 Å². The molecule has 2 aliphatic rings. The van der Waals surface area contributed by atoms with Crippen LogP contribution in [0.15, 0.2) is 30.3 Å². The van der Waals surface area contributed by atoms with Crippen LogP contribution in [0.3, 0.4) is 0 Å². The summed E-state index contributed by atoms with van der Waals surface area (Å²) in [6.45, 7) is 1.49. The number of hydrogen-bond acceptors (Lipinski definition) is 3. The van der Waals surface area contributed by atoms with Crippen molar-refractivity contribution in [3.05, 3.63) is 53.1 Å². The molecule has 2 aromatic rings. The number of benzene rings is 1. The number of nitrogens with one attached hydrogen (secondary N) is 1. The molecule has 2 heterocycles. The van der Waals surface area contributed by atoms with E-state index in [1.54, 1.807) is 21.7 Å². The van der Waals surface area contributed by atoms with Crippen molar-refractivity contribution in [2.24, 2.45) is 0 Å². The van der Waals surface area contributed by atoms with Gasteiger partial charge in [-0.1, -0.05) is 37.8 Å². The fourth-order valence-electron chi connectivity index (χ4n) is 4.23. The molecule has 7 heteroatoms. The third-order valence-corrected chi connectivity index (χ3v) is 5.77. The lowest BCUT2D eigenvalue weighted by Crippen LogP contribution is -2.34. The summed E-state index contributed by atoms with van der Waals surface area (Å²) in [5, 5.41) is 7.49. The van der Waals surface area contributed by atoms with Crippen LogP contribution in [0.1, 0.15) is 71.5 Å². The lowest BCUT2D eigenvalue weighted by molar-refractivity contribution is 0.0745. The van der Waals surface area contributed by atoms with E-state index in [0.29, 0.717) is 31.0 Å². The number of hydrogen-bond donors (Lipinski definition) is 1. The van der Waals surface area contributed by atoms with Crippen LogP contribution in [0, 0.1) is 5.82 Å². The second-order valence-electron chi connectivity index (χ2n) is 8.01. The van der Waals surface area contributed by atoms with Crippen molar-refractivity contribution in [2.75, 3.05) is 6.54 Å². The summed E-state index contributed by atoms with van der Waals surface area (Å²) < 4.78 is 15.1. The van der Waals surface area contributed by atoms with Gasteiger partial charge in [-0.15, -0.1) is 0 Å². The molecule has 4 rings (SSSR count). The molecule has 0 unspecified atom stereocenters. The van der Waals surface area contributed by atoms with E-state index in [-0.39, 0.29) is 23.7 Å². The van der Waals surface area contributed by atoms with Crippen LogP contribution in [0.25, 0.3) is 0 Å². The first kappa shape index (κ1) is 19.6. The zero-order valence-corrected chi connectivity index (χ0v) is 16.6. The van der Waals surface area contributed by atoms with Crippen LogP contribution >= 0.6 is 0 Å². The quantitative estimate of drug-likeness (QED) is 0.802. The Kier molecular flexibility index (Phi) is 5.92. The molecule has 1 aliphatic heterocycles. The average Bonchev–Trinajstić information content (AvgIpc) is 2.87. The second kappa shape index (κ2) is 8.76. The number of amides is 2. The normalized spacial score (nSPS) is 18.1. The van der Waals surface area contributed by atoms with Gasteiger partial charge in [0.15, 0.2) is 5.69 Å². The molecule has 0 bridgehead atoms. The Labute approximate surface area is 170 Å². The summed E-state index contributed by atoms with van der Waals surface area (Å²) >= 11 is 0. The Balaban J connectivity index is 1.48. The third-order valence-electron chi connectivity index (χ3n) is 5.77. The van der Waals surface area contributed by atoms with Crippen LogP contribution < -0.4 is 5.32 Å². The van der Waals surface area contributed by atoms with Crippen molar-refractivity contribution in [2.45, 2.75) is 64.1 Å². The van der Waals surface area contributed by atoms with Crippen LogP contribution in [0.4, 0.5) is 4.39 Å². The number of rotatable bonds is 4. The Morgan fingerprint density at radius 2 is 1.90 bits per heavy atom. The average molecular weight is 398 g/mol. The first-order chi connectivity index (χ1) is 14.1. The van der Waals surface area contributed by atoms with Gasteiger partial charge >= 0.3 is 0 Å². The van der Waals surface area contributed by atoms with E-state index in [9.17, 15) is 14.0 Å². The van der Waals surface area contributed by atoms with Gasteiger partial charge in [0.1, 0.15) is 11.5 Å². The molecular weight excluding hydrogens is 371 g/mol. The van der Waals surface area contributed by atoms with E-state index >= 15 is 0 Å². The van der Waals surface area contributed by atoms with Crippen LogP contribution in [0.5, 0.6) is 0 Å². The minimum Gasteiger partial charge on any atom is -0.348 e. The monoisotopic (exact) mass is 398 g/mol. The molecule has 1 aromatic carbocycles. The molecule has 0 radical (unpaired) electrons. The molecular formula is C22H27FN4O2. The van der Waals surface area contributed by atoms with Gasteiger partial charge < -0.3 is 10.2 Å². The zero-order valence-electron chi connectivity index (χ0n) is 16.6. The van der Waals surface area contributed by atoms with Gasteiger partial charge in [-0.2, -0.15) is 5.10 Å². The number of nitrogens with zero attached hydrogens (tertiary/aromatic N) is 3. The Morgan fingerprint density at radius 1 is 1.10 bits per heavy atom. The highest BCUT2D eigenvalue weighted by atomic mass is 19.1. The minimum atomic E-state index is -0.313. The van der Waals surface area contributed by atoms with Gasteiger partial charge in [0.2, 0.25) is 0 Å². The van der Waals surface area contributed by atoms with Crippen molar-refractivity contribution in [1.82, 2.24) is 20.0 Å². The van der Waals surface area contributed by atoms with E-state index in [1.807, 2.05) is 6.07 Å². The Hall–Kier alpha value is -2.70. The zero-order chi connectivity index (χ0) is 20.2. The van der Waals surface area contributed by atoms with Gasteiger partial charge in [0.05, 0.1) is 0 Å². The van der Waals surface area contributed by atoms with Crippen molar-refractivity contribution < 1.29 is 14.0 Å². The maximum absolute atomic E-state index is 13.5. The van der Waals surface area contributed by atoms with Gasteiger partial charge in [-0.3, -0.25) is 14.3 Å². The summed E-state index contributed by atoms with van der Waals surface area (Å²) in [5.41, 5.74) is 1.47. The highest BCUT2D eigenvalue weighted by Crippen LogP contribution is 2.19. The van der Waals surface area contributed by atoms with Crippen molar-refractivity contribution >= 4 is 11.8 Å². The summed E-state index contributed by atoms with van der Waals surface area (Å²) in [5.74, 6) is -0.693. The van der Waals surface area contributed by atoms with Crippen molar-refractivity contribution in [3.63, 3.8) is 0 Å². The summed E-state index contributed by atoms with van der Waals surface area (Å²) in [6, 6.07) is 8.07. The van der Waals surface area contributed by atoms with Crippen molar-refractivity contribution in [3.8, 4) is 0 Å². The molecule has 0 atom stereocenters. The smallest absolute Gasteiger partial charge is 0.272 e. The maximum Gasteiger partial charge on any atom is 0.272 e. The van der Waals surface area contributed by atoms with Gasteiger partial charge in [0, 0.05) is 31.7 Å². The number of aryl methyl sites for hydroxylation is 1. The van der Waals surface area contributed by atoms with Crippen LogP contribution in [-0.2, 0) is 13.1 Å². The Bertz CT molecular complexity index is 887. The van der Waals surface area contributed by atoms with Crippen LogP contribution in [0.2, 0.25) is 0 Å². The van der Waals surface area contributed by atoms with E-state index in [2.05, 4.69) is 10.4 Å². The fraction of sp³-hybridized carbons (Fsp3) is 0.500. The van der Waals surface area contributed by atoms with Crippen LogP contribution in [-0.4, -0.2) is 39.1 Å². The number of carbonyl (C=O) groups is 2. The topological polar surface area (TPSA) is 67.2 Å². The Morgan fingerprint density at radius 3 is 2.66 bits per heavy atom. The number of halogens is 1. The SMILES string of the molecule is O=C(NC1CCCCCC1)c1cc2n(n1)CCCN(Cc1cccc(F)c1)C2=O. The lowest BCUT2D eigenvalue weighted by atomic mass is 10.1. The molecule has 1 saturated carbocycles. The van der Waals surface area contributed by atoms with E-state index in [0.717, 1.165) is 37.7 Å². The number of carbonyl (C=O) groups excluding carboxylic acids is 2. The predicted molar refractivity (Wildman–Crippen MR) is 107 cm³/mol. The number of fused-ring (bicyclic) bond motifs is 1. The maximum atomic E-state index is 13.5. The highest BCUT2D eigenvalue weighted by Gasteiger charge is 2.27. The van der Waals surface area contributed by atoms with E-state index < -0.39 is 0 Å². The fourth-order valence-corrected chi connectivity index (χ4v) is 4.23. The molecule has 0 saturated heterocycles. The molecule has 0 spiro atoms. The standard InChI is InChI=1S/C22H27FN4O2/c23-17-8-5-7-16(13-17)15-26-11-6-12-27-20(22(26)29)14-19(25-27)21(28)24-18-9-3-1-2-4-10-18/h5,7-8,13-14,18H,1-4,6,9-12,15H2,(H,24,28). The third kappa shape index (κ3) is 4.66. The molecule has 2 amide bonds. The molecule has 6 nitrogen and oxygen atoms in total. The molecule has 29 heavy (non-hydrogen) atoms. The molecule has 1 N–H and O–H groups in total. The largest absolute Gasteiger partial charge is 0.348 e. The summed E-state index contributed by atoms with van der Waals surface area (Å²) in [7, 11) is 0. The first-order valence-corrected chi connectivity index (χ1v) is 10.5. The summed E-state index contributed by atoms with van der Waals surface area (Å²) in [6.07, 6.45) is 7.45. The molecule has 154 valence electrons. The predicted octanol–water partition coefficient (Wildman–Crippen LogP) is 3.52. The molecule has 1 fully saturated rings.